The van der Waals surface area contributed by atoms with Gasteiger partial charge in [0.15, 0.2) is 11.3 Å². The molecule has 0 aliphatic carbocycles. The molecule has 26 heavy (non-hydrogen) atoms. The number of thiazole rings is 1. The summed E-state index contributed by atoms with van der Waals surface area (Å²) in [7, 11) is 0. The molecule has 0 saturated heterocycles. The number of aryl methyl sites for hydroxylation is 1. The van der Waals surface area contributed by atoms with Crippen molar-refractivity contribution in [1.29, 1.82) is 0 Å². The van der Waals surface area contributed by atoms with Crippen LogP contribution in [0.25, 0.3) is 16.2 Å². The molecule has 3 rings (SSSR count). The highest BCUT2D eigenvalue weighted by atomic mass is 32.1. The van der Waals surface area contributed by atoms with Crippen molar-refractivity contribution in [3.63, 3.8) is 0 Å². The van der Waals surface area contributed by atoms with Gasteiger partial charge in [-0.1, -0.05) is 29.8 Å². The van der Waals surface area contributed by atoms with Crippen molar-refractivity contribution in [2.75, 3.05) is 19.8 Å². The Morgan fingerprint density at radius 2 is 1.92 bits per heavy atom. The normalized spacial score (nSPS) is 11.4. The second kappa shape index (κ2) is 8.44. The maximum atomic E-state index is 12.6. The van der Waals surface area contributed by atoms with Gasteiger partial charge in [0.25, 0.3) is 5.91 Å². The van der Waals surface area contributed by atoms with Crippen LogP contribution < -0.4 is 5.32 Å². The van der Waals surface area contributed by atoms with Crippen LogP contribution in [0.3, 0.4) is 0 Å². The van der Waals surface area contributed by atoms with Gasteiger partial charge >= 0.3 is 0 Å². The van der Waals surface area contributed by atoms with Gasteiger partial charge in [-0.3, -0.25) is 9.20 Å². The van der Waals surface area contributed by atoms with Crippen LogP contribution in [0.2, 0.25) is 0 Å². The van der Waals surface area contributed by atoms with Crippen molar-refractivity contribution in [3.05, 3.63) is 47.1 Å². The molecule has 0 fully saturated rings. The number of aromatic nitrogens is 2. The number of benzene rings is 1. The van der Waals surface area contributed by atoms with Gasteiger partial charge in [0.05, 0.1) is 12.2 Å². The van der Waals surface area contributed by atoms with Gasteiger partial charge in [-0.15, -0.1) is 11.3 Å². The highest BCUT2D eigenvalue weighted by Gasteiger charge is 2.17. The molecule has 1 aromatic carbocycles. The van der Waals surface area contributed by atoms with Crippen molar-refractivity contribution in [2.45, 2.75) is 27.1 Å². The molecule has 0 spiro atoms. The number of imidazole rings is 1. The van der Waals surface area contributed by atoms with E-state index in [2.05, 4.69) is 29.4 Å². The van der Waals surface area contributed by atoms with Crippen LogP contribution in [-0.2, 0) is 9.47 Å². The highest BCUT2D eigenvalue weighted by Crippen LogP contribution is 2.24. The fourth-order valence-corrected chi connectivity index (χ4v) is 3.47. The van der Waals surface area contributed by atoms with Gasteiger partial charge in [0.2, 0.25) is 0 Å². The third-order valence-corrected chi connectivity index (χ3v) is 4.76. The molecule has 0 atom stereocenters. The van der Waals surface area contributed by atoms with Gasteiger partial charge < -0.3 is 14.8 Å². The Kier molecular flexibility index (Phi) is 6.03. The lowest BCUT2D eigenvalue weighted by Crippen LogP contribution is -2.35. The van der Waals surface area contributed by atoms with Crippen LogP contribution in [-0.4, -0.2) is 41.3 Å². The Bertz CT molecular complexity index is 864. The SMILES string of the molecule is CCOC(CNC(=O)c1csc2nc(-c3ccc(C)cc3)cn12)OCC. The van der Waals surface area contributed by atoms with E-state index < -0.39 is 6.29 Å². The van der Waals surface area contributed by atoms with Crippen LogP contribution in [0, 0.1) is 6.92 Å². The van der Waals surface area contributed by atoms with Gasteiger partial charge in [0.1, 0.15) is 5.69 Å². The summed E-state index contributed by atoms with van der Waals surface area (Å²) in [5.41, 5.74) is 3.65. The predicted molar refractivity (Wildman–Crippen MR) is 103 cm³/mol. The minimum Gasteiger partial charge on any atom is -0.351 e. The van der Waals surface area contributed by atoms with Crippen LogP contribution in [0.1, 0.15) is 29.9 Å². The molecule has 0 radical (unpaired) electrons. The third kappa shape index (κ3) is 4.12. The maximum Gasteiger partial charge on any atom is 0.269 e. The van der Waals surface area contributed by atoms with Crippen LogP contribution >= 0.6 is 11.3 Å². The van der Waals surface area contributed by atoms with E-state index in [1.807, 2.05) is 42.0 Å². The Balaban J connectivity index is 1.75. The van der Waals surface area contributed by atoms with E-state index in [4.69, 9.17) is 9.47 Å². The zero-order chi connectivity index (χ0) is 18.5. The molecule has 1 N–H and O–H groups in total. The smallest absolute Gasteiger partial charge is 0.269 e. The Hall–Kier alpha value is -2.22. The van der Waals surface area contributed by atoms with Gasteiger partial charge in [-0.05, 0) is 20.8 Å². The van der Waals surface area contributed by atoms with Gasteiger partial charge in [-0.25, -0.2) is 4.98 Å². The van der Waals surface area contributed by atoms with E-state index in [-0.39, 0.29) is 5.91 Å². The van der Waals surface area contributed by atoms with E-state index in [1.165, 1.54) is 16.9 Å². The van der Waals surface area contributed by atoms with Crippen LogP contribution in [0.5, 0.6) is 0 Å². The van der Waals surface area contributed by atoms with E-state index >= 15 is 0 Å². The van der Waals surface area contributed by atoms with Gasteiger partial charge in [0, 0.05) is 30.4 Å². The molecule has 0 unspecified atom stereocenters. The summed E-state index contributed by atoms with van der Waals surface area (Å²) in [4.78, 5) is 18.0. The predicted octanol–water partition coefficient (Wildman–Crippen LogP) is 3.50. The summed E-state index contributed by atoms with van der Waals surface area (Å²) in [6.07, 6.45) is 1.46. The molecule has 138 valence electrons. The van der Waals surface area contributed by atoms with Crippen LogP contribution in [0.15, 0.2) is 35.8 Å². The lowest BCUT2D eigenvalue weighted by Gasteiger charge is -2.17. The molecule has 1 amide bonds. The monoisotopic (exact) mass is 373 g/mol. The molecule has 7 heteroatoms. The standard InChI is InChI=1S/C19H23N3O3S/c1-4-24-17(25-5-2)10-20-18(23)16-12-26-19-21-15(11-22(16)19)14-8-6-13(3)7-9-14/h6-9,11-12,17H,4-5,10H2,1-3H3,(H,20,23). The quantitative estimate of drug-likeness (QED) is 0.614. The number of carbonyl (C=O) groups is 1. The number of amides is 1. The van der Waals surface area contributed by atoms with Crippen molar-refractivity contribution in [1.82, 2.24) is 14.7 Å². The topological polar surface area (TPSA) is 64.9 Å². The lowest BCUT2D eigenvalue weighted by molar-refractivity contribution is -0.131. The minimum atomic E-state index is -0.436. The maximum absolute atomic E-state index is 12.6. The number of hydrogen-bond donors (Lipinski definition) is 1. The Morgan fingerprint density at radius 3 is 2.58 bits per heavy atom. The molecule has 3 aromatic rings. The molecule has 6 nitrogen and oxygen atoms in total. The minimum absolute atomic E-state index is 0.173. The summed E-state index contributed by atoms with van der Waals surface area (Å²) < 4.78 is 12.7. The molecule has 0 aliphatic heterocycles. The summed E-state index contributed by atoms with van der Waals surface area (Å²) in [5.74, 6) is -0.173. The van der Waals surface area contributed by atoms with Crippen LogP contribution in [0.4, 0.5) is 0 Å². The zero-order valence-electron chi connectivity index (χ0n) is 15.2. The van der Waals surface area contributed by atoms with Crippen molar-refractivity contribution < 1.29 is 14.3 Å². The number of hydrogen-bond acceptors (Lipinski definition) is 5. The molecule has 2 aromatic heterocycles. The lowest BCUT2D eigenvalue weighted by atomic mass is 10.1. The molecule has 0 saturated carbocycles. The highest BCUT2D eigenvalue weighted by molar-refractivity contribution is 7.15. The average Bonchev–Trinajstić information content (AvgIpc) is 3.21. The fraction of sp³-hybridized carbons (Fsp3) is 0.368. The number of nitrogens with one attached hydrogen (secondary N) is 1. The zero-order valence-corrected chi connectivity index (χ0v) is 16.0. The first-order chi connectivity index (χ1) is 12.6. The van der Waals surface area contributed by atoms with E-state index in [9.17, 15) is 4.79 Å². The summed E-state index contributed by atoms with van der Waals surface area (Å²) in [6.45, 7) is 7.21. The van der Waals surface area contributed by atoms with Crippen molar-refractivity contribution in [3.8, 4) is 11.3 Å². The molecule has 2 heterocycles. The van der Waals surface area contributed by atoms with E-state index in [1.54, 1.807) is 0 Å². The average molecular weight is 373 g/mol. The first kappa shape index (κ1) is 18.6. The van der Waals surface area contributed by atoms with Crippen molar-refractivity contribution >= 4 is 22.2 Å². The van der Waals surface area contributed by atoms with Crippen molar-refractivity contribution in [2.24, 2.45) is 0 Å². The number of rotatable bonds is 8. The van der Waals surface area contributed by atoms with E-state index in [0.29, 0.717) is 25.5 Å². The molecular formula is C19H23N3O3S. The second-order valence-corrected chi connectivity index (χ2v) is 6.65. The number of ether oxygens (including phenoxy) is 2. The molecule has 0 bridgehead atoms. The first-order valence-electron chi connectivity index (χ1n) is 8.67. The van der Waals surface area contributed by atoms with Gasteiger partial charge in [-0.2, -0.15) is 0 Å². The number of carbonyl (C=O) groups excluding carboxylic acids is 1. The molecular weight excluding hydrogens is 350 g/mol. The third-order valence-electron chi connectivity index (χ3n) is 3.92. The fourth-order valence-electron chi connectivity index (χ4n) is 2.61. The molecule has 0 aliphatic rings. The number of nitrogens with zero attached hydrogens (tertiary/aromatic N) is 2. The largest absolute Gasteiger partial charge is 0.351 e. The summed E-state index contributed by atoms with van der Waals surface area (Å²) in [6, 6.07) is 8.18. The Labute approximate surface area is 156 Å². The first-order valence-corrected chi connectivity index (χ1v) is 9.55. The van der Waals surface area contributed by atoms with E-state index in [0.717, 1.165) is 16.2 Å². The Morgan fingerprint density at radius 1 is 1.23 bits per heavy atom. The number of fused-ring (bicyclic) bond motifs is 1. The summed E-state index contributed by atoms with van der Waals surface area (Å²) >= 11 is 1.44. The second-order valence-electron chi connectivity index (χ2n) is 5.82. The summed E-state index contributed by atoms with van der Waals surface area (Å²) in [5, 5.41) is 4.68.